The topological polar surface area (TPSA) is 70.2 Å². The maximum Gasteiger partial charge on any atom is 0.410 e. The number of benzene rings is 1. The zero-order chi connectivity index (χ0) is 19.5. The molecule has 0 bridgehead atoms. The Morgan fingerprint density at radius 1 is 0.929 bits per heavy atom. The molecule has 0 radical (unpaired) electrons. The van der Waals surface area contributed by atoms with Gasteiger partial charge in [-0.1, -0.05) is 18.2 Å². The van der Waals surface area contributed by atoms with Crippen LogP contribution in [0.3, 0.4) is 0 Å². The zero-order valence-electron chi connectivity index (χ0n) is 16.1. The average Bonchev–Trinajstić information content (AvgIpc) is 3.19. The van der Waals surface area contributed by atoms with Crippen molar-refractivity contribution in [2.75, 3.05) is 39.3 Å². The Morgan fingerprint density at radius 2 is 1.68 bits per heavy atom. The summed E-state index contributed by atoms with van der Waals surface area (Å²) in [7, 11) is 0. The number of cyclic esters (lactones) is 1. The molecule has 150 valence electrons. The highest BCUT2D eigenvalue weighted by Gasteiger charge is 2.36. The minimum Gasteiger partial charge on any atom is -0.448 e. The summed E-state index contributed by atoms with van der Waals surface area (Å²) >= 11 is 0. The first-order valence-electron chi connectivity index (χ1n) is 10.2. The van der Waals surface area contributed by atoms with Crippen LogP contribution in [0.2, 0.25) is 0 Å². The molecule has 4 rings (SSSR count). The molecule has 7 heteroatoms. The van der Waals surface area contributed by atoms with Crippen molar-refractivity contribution in [1.29, 1.82) is 0 Å². The Balaban J connectivity index is 1.32. The second kappa shape index (κ2) is 8.20. The van der Waals surface area contributed by atoms with E-state index in [-0.39, 0.29) is 29.9 Å². The minimum atomic E-state index is -0.230. The fraction of sp³-hybridized carbons (Fsp3) is 0.571. The number of ether oxygens (including phenoxy) is 1. The summed E-state index contributed by atoms with van der Waals surface area (Å²) in [6, 6.07) is 9.43. The third kappa shape index (κ3) is 3.84. The molecule has 3 saturated heterocycles. The van der Waals surface area contributed by atoms with Crippen LogP contribution in [0.15, 0.2) is 30.3 Å². The summed E-state index contributed by atoms with van der Waals surface area (Å²) in [6.07, 6.45) is 3.04. The van der Waals surface area contributed by atoms with Crippen LogP contribution in [0, 0.1) is 5.92 Å². The maximum atomic E-state index is 13.0. The largest absolute Gasteiger partial charge is 0.448 e. The molecule has 28 heavy (non-hydrogen) atoms. The molecule has 3 amide bonds. The Kier molecular flexibility index (Phi) is 5.50. The van der Waals surface area contributed by atoms with Crippen molar-refractivity contribution in [2.24, 2.45) is 5.92 Å². The van der Waals surface area contributed by atoms with E-state index >= 15 is 0 Å². The first-order chi connectivity index (χ1) is 13.6. The van der Waals surface area contributed by atoms with Crippen LogP contribution in [0.25, 0.3) is 0 Å². The lowest BCUT2D eigenvalue weighted by Crippen LogP contribution is -2.51. The maximum absolute atomic E-state index is 13.0. The van der Waals surface area contributed by atoms with Crippen molar-refractivity contribution in [3.63, 3.8) is 0 Å². The van der Waals surface area contributed by atoms with Gasteiger partial charge in [-0.2, -0.15) is 0 Å². The summed E-state index contributed by atoms with van der Waals surface area (Å²) in [5.41, 5.74) is 0.675. The first kappa shape index (κ1) is 18.8. The normalized spacial score (nSPS) is 23.6. The van der Waals surface area contributed by atoms with Gasteiger partial charge in [-0.15, -0.1) is 0 Å². The summed E-state index contributed by atoms with van der Waals surface area (Å²) in [5, 5.41) is 0. The van der Waals surface area contributed by atoms with E-state index in [0.717, 1.165) is 25.7 Å². The molecule has 3 fully saturated rings. The standard InChI is InChI=1S/C21H27N3O4/c25-19(16-5-2-1-3-6-16)23-10-4-7-17(15-23)20(26)22-11-8-18(9-12-22)24-13-14-28-21(24)27/h1-3,5-6,17-18H,4,7-15H2. The smallest absolute Gasteiger partial charge is 0.410 e. The van der Waals surface area contributed by atoms with Crippen LogP contribution >= 0.6 is 0 Å². The highest BCUT2D eigenvalue weighted by Crippen LogP contribution is 2.25. The van der Waals surface area contributed by atoms with E-state index in [4.69, 9.17) is 4.74 Å². The third-order valence-electron chi connectivity index (χ3n) is 6.09. The molecule has 0 spiro atoms. The fourth-order valence-corrected chi connectivity index (χ4v) is 4.52. The van der Waals surface area contributed by atoms with Crippen LogP contribution in [0.5, 0.6) is 0 Å². The molecule has 0 aliphatic carbocycles. The highest BCUT2D eigenvalue weighted by molar-refractivity contribution is 5.94. The summed E-state index contributed by atoms with van der Waals surface area (Å²) in [5.74, 6) is 0.0204. The molecular weight excluding hydrogens is 358 g/mol. The van der Waals surface area contributed by atoms with Gasteiger partial charge in [0, 0.05) is 37.8 Å². The number of rotatable bonds is 3. The van der Waals surface area contributed by atoms with Crippen molar-refractivity contribution in [1.82, 2.24) is 14.7 Å². The highest BCUT2D eigenvalue weighted by atomic mass is 16.6. The number of carbonyl (C=O) groups excluding carboxylic acids is 3. The summed E-state index contributed by atoms with van der Waals surface area (Å²) in [4.78, 5) is 43.0. The molecular formula is C21H27N3O4. The van der Waals surface area contributed by atoms with E-state index in [9.17, 15) is 14.4 Å². The number of hydrogen-bond donors (Lipinski definition) is 0. The predicted molar refractivity (Wildman–Crippen MR) is 103 cm³/mol. The third-order valence-corrected chi connectivity index (χ3v) is 6.09. The van der Waals surface area contributed by atoms with Gasteiger partial charge >= 0.3 is 6.09 Å². The summed E-state index contributed by atoms with van der Waals surface area (Å²) < 4.78 is 5.03. The molecule has 7 nitrogen and oxygen atoms in total. The molecule has 1 atom stereocenters. The van der Waals surface area contributed by atoms with Gasteiger partial charge in [0.05, 0.1) is 12.5 Å². The predicted octanol–water partition coefficient (Wildman–Crippen LogP) is 1.98. The molecule has 1 unspecified atom stereocenters. The van der Waals surface area contributed by atoms with Gasteiger partial charge in [0.1, 0.15) is 6.61 Å². The van der Waals surface area contributed by atoms with Gasteiger partial charge in [0.25, 0.3) is 5.91 Å². The van der Waals surface area contributed by atoms with Crippen LogP contribution < -0.4 is 0 Å². The molecule has 3 heterocycles. The first-order valence-corrected chi connectivity index (χ1v) is 10.2. The van der Waals surface area contributed by atoms with Gasteiger partial charge in [-0.3, -0.25) is 9.59 Å². The Bertz CT molecular complexity index is 730. The van der Waals surface area contributed by atoms with Crippen LogP contribution in [-0.4, -0.2) is 78.0 Å². The number of hydrogen-bond acceptors (Lipinski definition) is 4. The van der Waals surface area contributed by atoms with E-state index in [1.165, 1.54) is 0 Å². The number of carbonyl (C=O) groups is 3. The fourth-order valence-electron chi connectivity index (χ4n) is 4.52. The van der Waals surface area contributed by atoms with E-state index in [1.54, 1.807) is 4.90 Å². The van der Waals surface area contributed by atoms with E-state index in [2.05, 4.69) is 0 Å². The quantitative estimate of drug-likeness (QED) is 0.798. The Morgan fingerprint density at radius 3 is 2.36 bits per heavy atom. The van der Waals surface area contributed by atoms with Crippen molar-refractivity contribution in [3.8, 4) is 0 Å². The molecule has 0 saturated carbocycles. The van der Waals surface area contributed by atoms with Crippen LogP contribution in [0.1, 0.15) is 36.0 Å². The molecule has 0 N–H and O–H groups in total. The second-order valence-corrected chi connectivity index (χ2v) is 7.82. The van der Waals surface area contributed by atoms with Gasteiger partial charge < -0.3 is 19.4 Å². The van der Waals surface area contributed by atoms with Crippen molar-refractivity contribution < 1.29 is 19.1 Å². The zero-order valence-corrected chi connectivity index (χ0v) is 16.1. The van der Waals surface area contributed by atoms with E-state index in [0.29, 0.717) is 44.9 Å². The summed E-state index contributed by atoms with van der Waals surface area (Å²) in [6.45, 7) is 3.64. The lowest BCUT2D eigenvalue weighted by Gasteiger charge is -2.39. The molecule has 1 aromatic rings. The van der Waals surface area contributed by atoms with E-state index < -0.39 is 0 Å². The monoisotopic (exact) mass is 385 g/mol. The van der Waals surface area contributed by atoms with Gasteiger partial charge in [-0.05, 0) is 37.8 Å². The molecule has 1 aromatic carbocycles. The van der Waals surface area contributed by atoms with E-state index in [1.807, 2.05) is 40.1 Å². The number of amides is 3. The molecule has 0 aromatic heterocycles. The minimum absolute atomic E-state index is 0.00403. The Labute approximate surface area is 165 Å². The number of likely N-dealkylation sites (tertiary alicyclic amines) is 2. The van der Waals surface area contributed by atoms with Gasteiger partial charge in [0.15, 0.2) is 0 Å². The van der Waals surface area contributed by atoms with Crippen LogP contribution in [-0.2, 0) is 9.53 Å². The molecule has 3 aliphatic rings. The Hall–Kier alpha value is -2.57. The second-order valence-electron chi connectivity index (χ2n) is 7.82. The lowest BCUT2D eigenvalue weighted by molar-refractivity contribution is -0.138. The lowest BCUT2D eigenvalue weighted by atomic mass is 9.94. The van der Waals surface area contributed by atoms with Crippen molar-refractivity contribution in [3.05, 3.63) is 35.9 Å². The average molecular weight is 385 g/mol. The van der Waals surface area contributed by atoms with Crippen molar-refractivity contribution in [2.45, 2.75) is 31.7 Å². The number of piperidine rings is 2. The number of nitrogens with zero attached hydrogens (tertiary/aromatic N) is 3. The van der Waals surface area contributed by atoms with Crippen molar-refractivity contribution >= 4 is 17.9 Å². The van der Waals surface area contributed by atoms with Gasteiger partial charge in [0.2, 0.25) is 5.91 Å². The molecule has 3 aliphatic heterocycles. The SMILES string of the molecule is O=C(c1ccccc1)N1CCCC(C(=O)N2CCC(N3CCOC3=O)CC2)C1. The van der Waals surface area contributed by atoms with Crippen LogP contribution in [0.4, 0.5) is 4.79 Å². The van der Waals surface area contributed by atoms with Gasteiger partial charge in [-0.25, -0.2) is 4.79 Å².